The largest absolute Gasteiger partial charge is 0.477 e. The topological polar surface area (TPSA) is 117 Å². The number of hydrogen-bond acceptors (Lipinski definition) is 6. The maximum absolute atomic E-state index is 10.7. The van der Waals surface area contributed by atoms with Gasteiger partial charge in [0.2, 0.25) is 5.82 Å². The zero-order chi connectivity index (χ0) is 13.0. The number of aliphatic hydroxyl groups is 1. The quantitative estimate of drug-likeness (QED) is 0.555. The van der Waals surface area contributed by atoms with Crippen molar-refractivity contribution < 1.29 is 19.9 Å². The Morgan fingerprint density at radius 3 is 2.71 bits per heavy atom. The van der Waals surface area contributed by atoms with E-state index >= 15 is 0 Å². The highest BCUT2D eigenvalue weighted by Crippen LogP contribution is 2.24. The highest BCUT2D eigenvalue weighted by atomic mass is 16.6. The second-order valence-corrected chi connectivity index (χ2v) is 3.25. The molecule has 92 valence electrons. The van der Waals surface area contributed by atoms with Crippen molar-refractivity contribution in [3.05, 3.63) is 27.9 Å². The molecule has 0 bridgehead atoms. The summed E-state index contributed by atoms with van der Waals surface area (Å²) in [6, 6.07) is 2.15. The molecular weight excluding hydrogens is 230 g/mol. The molecule has 0 aromatic carbocycles. The lowest BCUT2D eigenvalue weighted by Gasteiger charge is -2.16. The fraction of sp³-hybridized carbons (Fsp3) is 0.333. The van der Waals surface area contributed by atoms with E-state index in [0.717, 1.165) is 12.1 Å². The lowest BCUT2D eigenvalue weighted by atomic mass is 10.3. The average molecular weight is 241 g/mol. The van der Waals surface area contributed by atoms with Gasteiger partial charge in [0.05, 0.1) is 11.5 Å². The van der Waals surface area contributed by atoms with E-state index in [1.54, 1.807) is 0 Å². The third-order valence-corrected chi connectivity index (χ3v) is 2.07. The molecular formula is C9H11N3O5. The highest BCUT2D eigenvalue weighted by Gasteiger charge is 2.21. The first-order chi connectivity index (χ1) is 7.97. The minimum atomic E-state index is -1.27. The van der Waals surface area contributed by atoms with Gasteiger partial charge in [0.15, 0.2) is 5.69 Å². The molecule has 0 saturated carbocycles. The zero-order valence-electron chi connectivity index (χ0n) is 9.03. The second-order valence-electron chi connectivity index (χ2n) is 3.25. The number of aromatic nitrogens is 1. The summed E-state index contributed by atoms with van der Waals surface area (Å²) in [6.07, 6.45) is 0. The van der Waals surface area contributed by atoms with Crippen LogP contribution in [-0.4, -0.2) is 46.3 Å². The van der Waals surface area contributed by atoms with Gasteiger partial charge in [-0.15, -0.1) is 0 Å². The lowest BCUT2D eigenvalue weighted by molar-refractivity contribution is -0.384. The van der Waals surface area contributed by atoms with E-state index in [4.69, 9.17) is 10.2 Å². The summed E-state index contributed by atoms with van der Waals surface area (Å²) in [6.45, 7) is -0.0937. The first-order valence-corrected chi connectivity index (χ1v) is 4.68. The first-order valence-electron chi connectivity index (χ1n) is 4.68. The molecule has 2 N–H and O–H groups in total. The Morgan fingerprint density at radius 1 is 1.59 bits per heavy atom. The van der Waals surface area contributed by atoms with Gasteiger partial charge in [-0.05, 0) is 6.07 Å². The molecule has 0 aliphatic carbocycles. The minimum absolute atomic E-state index is 0.0797. The average Bonchev–Trinajstić information content (AvgIpc) is 2.28. The molecule has 0 radical (unpaired) electrons. The first kappa shape index (κ1) is 12.8. The van der Waals surface area contributed by atoms with E-state index in [1.807, 2.05) is 0 Å². The molecule has 0 amide bonds. The molecule has 0 atom stereocenters. The third kappa shape index (κ3) is 2.88. The van der Waals surface area contributed by atoms with Gasteiger partial charge in [0, 0.05) is 19.7 Å². The fourth-order valence-corrected chi connectivity index (χ4v) is 1.24. The Labute approximate surface area is 96.3 Å². The van der Waals surface area contributed by atoms with Gasteiger partial charge in [-0.25, -0.2) is 9.78 Å². The molecule has 17 heavy (non-hydrogen) atoms. The Bertz CT molecular complexity index is 448. The van der Waals surface area contributed by atoms with Gasteiger partial charge in [-0.2, -0.15) is 0 Å². The molecule has 0 fully saturated rings. The molecule has 1 rings (SSSR count). The molecule has 0 spiro atoms. The maximum Gasteiger partial charge on any atom is 0.354 e. The van der Waals surface area contributed by atoms with Crippen LogP contribution < -0.4 is 4.90 Å². The lowest BCUT2D eigenvalue weighted by Crippen LogP contribution is -2.24. The second kappa shape index (κ2) is 5.21. The number of nitrogens with zero attached hydrogens (tertiary/aromatic N) is 3. The van der Waals surface area contributed by atoms with Crippen LogP contribution in [-0.2, 0) is 0 Å². The summed E-state index contributed by atoms with van der Waals surface area (Å²) >= 11 is 0. The molecule has 1 heterocycles. The van der Waals surface area contributed by atoms with Gasteiger partial charge in [0.1, 0.15) is 0 Å². The van der Waals surface area contributed by atoms with Gasteiger partial charge < -0.3 is 15.1 Å². The normalized spacial score (nSPS) is 10.0. The zero-order valence-corrected chi connectivity index (χ0v) is 9.03. The van der Waals surface area contributed by atoms with Crippen LogP contribution in [0, 0.1) is 10.1 Å². The van der Waals surface area contributed by atoms with Gasteiger partial charge in [-0.1, -0.05) is 0 Å². The fourth-order valence-electron chi connectivity index (χ4n) is 1.24. The van der Waals surface area contributed by atoms with E-state index in [9.17, 15) is 14.9 Å². The molecule has 0 aliphatic rings. The van der Waals surface area contributed by atoms with Crippen molar-refractivity contribution in [3.8, 4) is 0 Å². The predicted octanol–water partition coefficient (Wildman–Crippen LogP) is 0.117. The van der Waals surface area contributed by atoms with Crippen LogP contribution in [0.4, 0.5) is 11.5 Å². The number of anilines is 1. The van der Waals surface area contributed by atoms with Crippen LogP contribution in [0.25, 0.3) is 0 Å². The number of aliphatic hydroxyl groups excluding tert-OH is 1. The van der Waals surface area contributed by atoms with Crippen molar-refractivity contribution >= 4 is 17.5 Å². The van der Waals surface area contributed by atoms with E-state index in [2.05, 4.69) is 4.98 Å². The van der Waals surface area contributed by atoms with Crippen molar-refractivity contribution in [2.75, 3.05) is 25.1 Å². The molecule has 8 nitrogen and oxygen atoms in total. The van der Waals surface area contributed by atoms with Crippen molar-refractivity contribution in [2.24, 2.45) is 0 Å². The van der Waals surface area contributed by atoms with Crippen LogP contribution >= 0.6 is 0 Å². The summed E-state index contributed by atoms with van der Waals surface area (Å²) in [5.74, 6) is -1.34. The van der Waals surface area contributed by atoms with Crippen molar-refractivity contribution in [3.63, 3.8) is 0 Å². The van der Waals surface area contributed by atoms with Crippen LogP contribution in [0.1, 0.15) is 10.5 Å². The Balaban J connectivity index is 3.24. The molecule has 0 aliphatic heterocycles. The SMILES string of the molecule is CN(CCO)c1nc(C(=O)O)ccc1[N+](=O)[O-]. The van der Waals surface area contributed by atoms with Crippen molar-refractivity contribution in [1.82, 2.24) is 4.98 Å². The summed E-state index contributed by atoms with van der Waals surface area (Å²) in [7, 11) is 1.48. The van der Waals surface area contributed by atoms with Crippen molar-refractivity contribution in [1.29, 1.82) is 0 Å². The highest BCUT2D eigenvalue weighted by molar-refractivity contribution is 5.86. The van der Waals surface area contributed by atoms with Crippen LogP contribution in [0.5, 0.6) is 0 Å². The van der Waals surface area contributed by atoms with Crippen LogP contribution in [0.3, 0.4) is 0 Å². The summed E-state index contributed by atoms with van der Waals surface area (Å²) < 4.78 is 0. The van der Waals surface area contributed by atoms with E-state index in [0.29, 0.717) is 0 Å². The number of rotatable bonds is 5. The van der Waals surface area contributed by atoms with E-state index in [1.165, 1.54) is 11.9 Å². The van der Waals surface area contributed by atoms with E-state index < -0.39 is 10.9 Å². The van der Waals surface area contributed by atoms with Gasteiger partial charge in [0.25, 0.3) is 0 Å². The van der Waals surface area contributed by atoms with Crippen LogP contribution in [0.2, 0.25) is 0 Å². The molecule has 8 heteroatoms. The minimum Gasteiger partial charge on any atom is -0.477 e. The number of likely N-dealkylation sites (N-methyl/N-ethyl adjacent to an activating group) is 1. The number of carboxylic acid groups (broad SMARTS) is 1. The number of carbonyl (C=O) groups is 1. The standard InChI is InChI=1S/C9H11N3O5/c1-11(4-5-13)8-7(12(16)17)3-2-6(10-8)9(14)15/h2-3,13H,4-5H2,1H3,(H,14,15). The Morgan fingerprint density at radius 2 is 2.24 bits per heavy atom. The third-order valence-electron chi connectivity index (χ3n) is 2.07. The monoisotopic (exact) mass is 241 g/mol. The van der Waals surface area contributed by atoms with E-state index in [-0.39, 0.29) is 30.4 Å². The Hall–Kier alpha value is -2.22. The number of carboxylic acids is 1. The van der Waals surface area contributed by atoms with Crippen molar-refractivity contribution in [2.45, 2.75) is 0 Å². The summed E-state index contributed by atoms with van der Waals surface area (Å²) in [5, 5.41) is 28.2. The molecule has 0 unspecified atom stereocenters. The predicted molar refractivity (Wildman–Crippen MR) is 58.2 cm³/mol. The number of nitro groups is 1. The summed E-state index contributed by atoms with van der Waals surface area (Å²) in [4.78, 5) is 25.8. The maximum atomic E-state index is 10.7. The smallest absolute Gasteiger partial charge is 0.354 e. The number of hydrogen-bond donors (Lipinski definition) is 2. The number of pyridine rings is 1. The summed E-state index contributed by atoms with van der Waals surface area (Å²) in [5.41, 5.74) is -0.582. The molecule has 1 aromatic heterocycles. The van der Waals surface area contributed by atoms with Gasteiger partial charge in [-0.3, -0.25) is 10.1 Å². The van der Waals surface area contributed by atoms with Crippen LogP contribution in [0.15, 0.2) is 12.1 Å². The van der Waals surface area contributed by atoms with Gasteiger partial charge >= 0.3 is 11.7 Å². The molecule has 1 aromatic rings. The Kier molecular flexibility index (Phi) is 3.94. The molecule has 0 saturated heterocycles. The number of aromatic carboxylic acids is 1.